The van der Waals surface area contributed by atoms with Crippen LogP contribution in [0.3, 0.4) is 0 Å². The first kappa shape index (κ1) is 20.6. The van der Waals surface area contributed by atoms with Gasteiger partial charge in [0.25, 0.3) is 0 Å². The zero-order valence-corrected chi connectivity index (χ0v) is 17.0. The van der Waals surface area contributed by atoms with E-state index in [1.165, 1.54) is 5.06 Å². The summed E-state index contributed by atoms with van der Waals surface area (Å²) in [6, 6.07) is -0.372. The molecule has 1 aromatic rings. The molecular formula is C19H25N5O5. The molecule has 0 spiro atoms. The number of oxime groups is 1. The Hall–Kier alpha value is -3.14. The van der Waals surface area contributed by atoms with E-state index in [0.29, 0.717) is 24.4 Å². The SMILES string of the molecule is C=CCON1C(=O)N2CC(n3cc(/C(C)=N\OC(=O)OC(C)(C)C)cn3)=CC1C2. The summed E-state index contributed by atoms with van der Waals surface area (Å²) in [5.41, 5.74) is 1.32. The standard InChI is InChI=1S/C19H25N5O5/c1-6-7-27-24-16-8-15(11-22(12-16)17(24)25)23-10-14(9-20-23)13(2)21-29-18(26)28-19(3,4)5/h6,8-10,16H,1,7,11-12H2,2-5H3/b21-13-. The predicted molar refractivity (Wildman–Crippen MR) is 105 cm³/mol. The van der Waals surface area contributed by atoms with Crippen LogP contribution in [0.15, 0.2) is 36.3 Å². The van der Waals surface area contributed by atoms with Crippen LogP contribution in [0.2, 0.25) is 0 Å². The van der Waals surface area contributed by atoms with Gasteiger partial charge in [0.15, 0.2) is 0 Å². The third kappa shape index (κ3) is 4.83. The topological polar surface area (TPSA) is 98.5 Å². The van der Waals surface area contributed by atoms with Crippen LogP contribution in [0.4, 0.5) is 9.59 Å². The van der Waals surface area contributed by atoms with Gasteiger partial charge in [0.05, 0.1) is 36.8 Å². The maximum atomic E-state index is 12.4. The molecule has 3 rings (SSSR count). The summed E-state index contributed by atoms with van der Waals surface area (Å²) >= 11 is 0. The van der Waals surface area contributed by atoms with Gasteiger partial charge in [0.1, 0.15) is 5.60 Å². The summed E-state index contributed by atoms with van der Waals surface area (Å²) in [6.45, 7) is 11.8. The number of urea groups is 1. The first-order chi connectivity index (χ1) is 13.7. The van der Waals surface area contributed by atoms with Crippen LogP contribution >= 0.6 is 0 Å². The van der Waals surface area contributed by atoms with E-state index < -0.39 is 11.8 Å². The van der Waals surface area contributed by atoms with Gasteiger partial charge in [-0.15, -0.1) is 6.58 Å². The second-order valence-electron chi connectivity index (χ2n) is 7.70. The third-order valence-corrected chi connectivity index (χ3v) is 4.18. The van der Waals surface area contributed by atoms with Crippen LogP contribution in [0.5, 0.6) is 0 Å². The van der Waals surface area contributed by atoms with Crippen LogP contribution < -0.4 is 0 Å². The molecule has 0 saturated carbocycles. The number of hydroxylamine groups is 2. The van der Waals surface area contributed by atoms with Crippen molar-refractivity contribution in [3.63, 3.8) is 0 Å². The van der Waals surface area contributed by atoms with E-state index in [4.69, 9.17) is 14.4 Å². The van der Waals surface area contributed by atoms with Crippen LogP contribution in [0.25, 0.3) is 5.70 Å². The number of fused-ring (bicyclic) bond motifs is 2. The van der Waals surface area contributed by atoms with Crippen molar-refractivity contribution in [2.24, 2.45) is 5.16 Å². The Labute approximate surface area is 168 Å². The van der Waals surface area contributed by atoms with Crippen LogP contribution in [0.1, 0.15) is 33.3 Å². The molecule has 1 aromatic heterocycles. The van der Waals surface area contributed by atoms with E-state index in [-0.39, 0.29) is 18.7 Å². The number of hydrogen-bond acceptors (Lipinski definition) is 7. The summed E-state index contributed by atoms with van der Waals surface area (Å²) in [7, 11) is 0. The molecular weight excluding hydrogens is 378 g/mol. The summed E-state index contributed by atoms with van der Waals surface area (Å²) < 4.78 is 6.72. The molecule has 2 bridgehead atoms. The Morgan fingerprint density at radius 2 is 2.21 bits per heavy atom. The number of carbonyl (C=O) groups excluding carboxylic acids is 2. The predicted octanol–water partition coefficient (Wildman–Crippen LogP) is 2.64. The van der Waals surface area contributed by atoms with Gasteiger partial charge in [-0.1, -0.05) is 11.2 Å². The second-order valence-corrected chi connectivity index (χ2v) is 7.70. The molecule has 0 aromatic carbocycles. The van der Waals surface area contributed by atoms with E-state index in [9.17, 15) is 9.59 Å². The molecule has 0 N–H and O–H groups in total. The minimum Gasteiger partial charge on any atom is -0.427 e. The van der Waals surface area contributed by atoms with Crippen LogP contribution in [-0.4, -0.2) is 69.0 Å². The Morgan fingerprint density at radius 1 is 1.45 bits per heavy atom. The average Bonchev–Trinajstić information content (AvgIpc) is 3.21. The number of carbonyl (C=O) groups is 2. The Kier molecular flexibility index (Phi) is 5.73. The first-order valence-corrected chi connectivity index (χ1v) is 9.20. The molecule has 3 heterocycles. The summed E-state index contributed by atoms with van der Waals surface area (Å²) in [5, 5.41) is 9.50. The lowest BCUT2D eigenvalue weighted by atomic mass is 10.2. The fourth-order valence-corrected chi connectivity index (χ4v) is 2.91. The molecule has 1 unspecified atom stereocenters. The number of ether oxygens (including phenoxy) is 1. The van der Waals surface area contributed by atoms with Gasteiger partial charge in [0, 0.05) is 18.3 Å². The van der Waals surface area contributed by atoms with Crippen molar-refractivity contribution in [1.29, 1.82) is 0 Å². The molecule has 29 heavy (non-hydrogen) atoms. The molecule has 0 aliphatic carbocycles. The normalized spacial score (nSPS) is 19.3. The van der Waals surface area contributed by atoms with E-state index in [2.05, 4.69) is 16.8 Å². The van der Waals surface area contributed by atoms with E-state index in [1.54, 1.807) is 55.7 Å². The van der Waals surface area contributed by atoms with E-state index in [0.717, 1.165) is 5.70 Å². The molecule has 156 valence electrons. The smallest absolute Gasteiger partial charge is 0.427 e. The van der Waals surface area contributed by atoms with Gasteiger partial charge in [-0.25, -0.2) is 14.3 Å². The second kappa shape index (κ2) is 8.08. The Bertz CT molecular complexity index is 867. The van der Waals surface area contributed by atoms with Crippen LogP contribution in [0, 0.1) is 0 Å². The van der Waals surface area contributed by atoms with Gasteiger partial charge in [-0.05, 0) is 33.8 Å². The first-order valence-electron chi connectivity index (χ1n) is 9.20. The molecule has 2 aliphatic rings. The molecule has 2 aliphatic heterocycles. The van der Waals surface area contributed by atoms with Crippen LogP contribution in [-0.2, 0) is 14.4 Å². The van der Waals surface area contributed by atoms with E-state index in [1.807, 2.05) is 6.08 Å². The lowest BCUT2D eigenvalue weighted by Crippen LogP contribution is -2.33. The zero-order valence-electron chi connectivity index (χ0n) is 17.0. The van der Waals surface area contributed by atoms with Gasteiger partial charge < -0.3 is 9.64 Å². The number of hydrogen-bond donors (Lipinski definition) is 0. The van der Waals surface area contributed by atoms with Gasteiger partial charge in [0.2, 0.25) is 0 Å². The molecule has 10 nitrogen and oxygen atoms in total. The lowest BCUT2D eigenvalue weighted by Gasteiger charge is -2.21. The summed E-state index contributed by atoms with van der Waals surface area (Å²) in [4.78, 5) is 35.9. The highest BCUT2D eigenvalue weighted by molar-refractivity contribution is 5.98. The molecule has 1 fully saturated rings. The fourth-order valence-electron chi connectivity index (χ4n) is 2.91. The molecule has 0 radical (unpaired) electrons. The maximum absolute atomic E-state index is 12.4. The average molecular weight is 403 g/mol. The minimum atomic E-state index is -0.873. The largest absolute Gasteiger partial charge is 0.535 e. The zero-order chi connectivity index (χ0) is 21.2. The van der Waals surface area contributed by atoms with Crippen molar-refractivity contribution < 1.29 is 24.0 Å². The molecule has 10 heteroatoms. The minimum absolute atomic E-state index is 0.181. The number of nitrogens with zero attached hydrogens (tertiary/aromatic N) is 5. The third-order valence-electron chi connectivity index (χ3n) is 4.18. The van der Waals surface area contributed by atoms with Crippen molar-refractivity contribution in [1.82, 2.24) is 19.7 Å². The lowest BCUT2D eigenvalue weighted by molar-refractivity contribution is -0.107. The highest BCUT2D eigenvalue weighted by atomic mass is 16.8. The monoisotopic (exact) mass is 403 g/mol. The van der Waals surface area contributed by atoms with Gasteiger partial charge >= 0.3 is 12.2 Å². The fraction of sp³-hybridized carbons (Fsp3) is 0.474. The van der Waals surface area contributed by atoms with Crippen molar-refractivity contribution >= 4 is 23.6 Å². The molecule has 2 amide bonds. The molecule has 1 atom stereocenters. The molecule has 1 saturated heterocycles. The van der Waals surface area contributed by atoms with Crippen molar-refractivity contribution in [3.05, 3.63) is 36.7 Å². The summed E-state index contributed by atoms with van der Waals surface area (Å²) in [5.74, 6) is 0. The van der Waals surface area contributed by atoms with E-state index >= 15 is 0 Å². The van der Waals surface area contributed by atoms with Crippen molar-refractivity contribution in [2.75, 3.05) is 19.7 Å². The summed E-state index contributed by atoms with van der Waals surface area (Å²) in [6.07, 6.45) is 6.04. The van der Waals surface area contributed by atoms with Gasteiger partial charge in [-0.2, -0.15) is 10.2 Å². The number of aromatic nitrogens is 2. The van der Waals surface area contributed by atoms with Gasteiger partial charge in [-0.3, -0.25) is 9.68 Å². The Balaban J connectivity index is 1.68. The number of amides is 2. The maximum Gasteiger partial charge on any atom is 0.535 e. The highest BCUT2D eigenvalue weighted by Gasteiger charge is 2.41. The number of rotatable bonds is 6. The van der Waals surface area contributed by atoms with Crippen molar-refractivity contribution in [3.8, 4) is 0 Å². The van der Waals surface area contributed by atoms with Crippen molar-refractivity contribution in [2.45, 2.75) is 39.3 Å². The Morgan fingerprint density at radius 3 is 2.90 bits per heavy atom. The highest BCUT2D eigenvalue weighted by Crippen LogP contribution is 2.26. The quantitative estimate of drug-likeness (QED) is 0.238.